The molecule has 0 fully saturated rings. The van der Waals surface area contributed by atoms with Crippen molar-refractivity contribution in [1.82, 2.24) is 35.0 Å². The molecule has 0 amide bonds. The van der Waals surface area contributed by atoms with Crippen LogP contribution in [0.2, 0.25) is 10.0 Å². The first-order valence-electron chi connectivity index (χ1n) is 9.91. The lowest BCUT2D eigenvalue weighted by Gasteiger charge is -2.10. The zero-order chi connectivity index (χ0) is 21.7. The summed E-state index contributed by atoms with van der Waals surface area (Å²) in [6.45, 7) is 0.614. The van der Waals surface area contributed by atoms with Gasteiger partial charge in [-0.2, -0.15) is 10.2 Å². The molecule has 0 aliphatic carbocycles. The highest BCUT2D eigenvalue weighted by atomic mass is 35.5. The third kappa shape index (κ3) is 3.23. The van der Waals surface area contributed by atoms with Gasteiger partial charge in [0.05, 0.1) is 40.2 Å². The van der Waals surface area contributed by atoms with E-state index in [0.29, 0.717) is 22.1 Å². The Bertz CT molecular complexity index is 1580. The Balaban J connectivity index is 1.45. The van der Waals surface area contributed by atoms with E-state index in [2.05, 4.69) is 25.6 Å². The van der Waals surface area contributed by atoms with E-state index < -0.39 is 0 Å². The number of hydrogen-bond acceptors (Lipinski definition) is 4. The second-order valence-electron chi connectivity index (χ2n) is 7.47. The van der Waals surface area contributed by atoms with Gasteiger partial charge in [0.2, 0.25) is 0 Å². The van der Waals surface area contributed by atoms with Gasteiger partial charge in [0.15, 0.2) is 0 Å². The van der Waals surface area contributed by atoms with Gasteiger partial charge >= 0.3 is 0 Å². The molecular formula is C23H15Cl2N7. The van der Waals surface area contributed by atoms with Crippen LogP contribution in [0, 0.1) is 0 Å². The van der Waals surface area contributed by atoms with Crippen molar-refractivity contribution < 1.29 is 0 Å². The number of nitrogens with one attached hydrogen (secondary N) is 1. The number of nitrogens with zero attached hydrogens (tertiary/aromatic N) is 6. The number of aromatic nitrogens is 7. The minimum absolute atomic E-state index is 0.533. The van der Waals surface area contributed by atoms with Crippen LogP contribution in [0.1, 0.15) is 5.56 Å². The van der Waals surface area contributed by atoms with E-state index in [-0.39, 0.29) is 0 Å². The highest BCUT2D eigenvalue weighted by molar-refractivity contribution is 6.35. The Kier molecular flexibility index (Phi) is 4.45. The molecule has 6 rings (SSSR count). The van der Waals surface area contributed by atoms with Crippen LogP contribution in [0.15, 0.2) is 73.1 Å². The van der Waals surface area contributed by atoms with Crippen molar-refractivity contribution in [2.45, 2.75) is 6.54 Å². The zero-order valence-corrected chi connectivity index (χ0v) is 18.1. The fourth-order valence-corrected chi connectivity index (χ4v) is 4.22. The number of rotatable bonds is 4. The van der Waals surface area contributed by atoms with E-state index in [1.165, 1.54) is 0 Å². The maximum absolute atomic E-state index is 6.61. The summed E-state index contributed by atoms with van der Waals surface area (Å²) in [5.74, 6) is 0. The van der Waals surface area contributed by atoms with Crippen LogP contribution in [0.25, 0.3) is 38.9 Å². The number of fused-ring (bicyclic) bond motifs is 2. The quantitative estimate of drug-likeness (QED) is 0.376. The Morgan fingerprint density at radius 3 is 2.69 bits per heavy atom. The van der Waals surface area contributed by atoms with Gasteiger partial charge in [0, 0.05) is 22.2 Å². The predicted octanol–water partition coefficient (Wildman–Crippen LogP) is 5.52. The van der Waals surface area contributed by atoms with E-state index in [4.69, 9.17) is 23.2 Å². The van der Waals surface area contributed by atoms with Crippen molar-refractivity contribution >= 4 is 45.1 Å². The number of H-pyrrole nitrogens is 1. The third-order valence-electron chi connectivity index (χ3n) is 5.43. The fraction of sp³-hybridized carbons (Fsp3) is 0.0435. The van der Waals surface area contributed by atoms with Gasteiger partial charge in [-0.1, -0.05) is 40.5 Å². The van der Waals surface area contributed by atoms with Gasteiger partial charge in [0.25, 0.3) is 0 Å². The van der Waals surface area contributed by atoms with E-state index in [0.717, 1.165) is 38.9 Å². The molecule has 9 heteroatoms. The third-order valence-corrected chi connectivity index (χ3v) is 5.97. The molecule has 3 aromatic heterocycles. The Labute approximate surface area is 192 Å². The lowest BCUT2D eigenvalue weighted by molar-refractivity contribution is 0.694. The first-order chi connectivity index (χ1) is 15.7. The number of aromatic amines is 1. The summed E-state index contributed by atoms with van der Waals surface area (Å²) in [4.78, 5) is 0. The summed E-state index contributed by atoms with van der Waals surface area (Å²) in [6, 6.07) is 19.6. The highest BCUT2D eigenvalue weighted by Crippen LogP contribution is 2.31. The smallest absolute Gasteiger partial charge is 0.132 e. The summed E-state index contributed by atoms with van der Waals surface area (Å²) in [5, 5.41) is 22.5. The fourth-order valence-electron chi connectivity index (χ4n) is 3.84. The first-order valence-corrected chi connectivity index (χ1v) is 10.7. The van der Waals surface area contributed by atoms with Crippen LogP contribution >= 0.6 is 23.2 Å². The predicted molar refractivity (Wildman–Crippen MR) is 125 cm³/mol. The highest BCUT2D eigenvalue weighted by Gasteiger charge is 2.15. The molecule has 156 valence electrons. The minimum atomic E-state index is 0.533. The second kappa shape index (κ2) is 7.47. The molecule has 0 spiro atoms. The minimum Gasteiger partial charge on any atom is -0.278 e. The van der Waals surface area contributed by atoms with Crippen molar-refractivity contribution in [3.63, 3.8) is 0 Å². The molecule has 0 atom stereocenters. The maximum Gasteiger partial charge on any atom is 0.132 e. The van der Waals surface area contributed by atoms with Gasteiger partial charge in [-0.3, -0.25) is 9.78 Å². The molecular weight excluding hydrogens is 445 g/mol. The van der Waals surface area contributed by atoms with Crippen molar-refractivity contribution in [1.29, 1.82) is 0 Å². The molecule has 3 aromatic carbocycles. The Hall–Kier alpha value is -3.68. The molecule has 7 nitrogen and oxygen atoms in total. The SMILES string of the molecule is Clc1ccc(Cn2nccc2-c2cc(Cl)c3nnn(-c4ccc5cn[nH]c5c4)c3c2)cc1. The van der Waals surface area contributed by atoms with Crippen LogP contribution in [-0.4, -0.2) is 35.0 Å². The number of hydrogen-bond donors (Lipinski definition) is 1. The van der Waals surface area contributed by atoms with Crippen molar-refractivity contribution in [3.8, 4) is 16.9 Å². The van der Waals surface area contributed by atoms with E-state index >= 15 is 0 Å². The monoisotopic (exact) mass is 459 g/mol. The molecule has 0 saturated heterocycles. The molecule has 3 heterocycles. The Morgan fingerprint density at radius 1 is 0.938 bits per heavy atom. The Morgan fingerprint density at radius 2 is 1.81 bits per heavy atom. The van der Waals surface area contributed by atoms with Gasteiger partial charge < -0.3 is 0 Å². The summed E-state index contributed by atoms with van der Waals surface area (Å²) in [6.07, 6.45) is 3.57. The van der Waals surface area contributed by atoms with Crippen LogP contribution in [0.4, 0.5) is 0 Å². The van der Waals surface area contributed by atoms with E-state index in [1.807, 2.05) is 65.3 Å². The number of benzene rings is 3. The summed E-state index contributed by atoms with van der Waals surface area (Å²) < 4.78 is 3.72. The second-order valence-corrected chi connectivity index (χ2v) is 8.31. The molecule has 0 aliphatic rings. The summed E-state index contributed by atoms with van der Waals surface area (Å²) in [5.41, 5.74) is 6.22. The summed E-state index contributed by atoms with van der Waals surface area (Å²) >= 11 is 12.6. The molecule has 32 heavy (non-hydrogen) atoms. The van der Waals surface area contributed by atoms with Crippen LogP contribution < -0.4 is 0 Å². The topological polar surface area (TPSA) is 77.2 Å². The average Bonchev–Trinajstić information content (AvgIpc) is 3.54. The van der Waals surface area contributed by atoms with Crippen molar-refractivity contribution in [2.24, 2.45) is 0 Å². The van der Waals surface area contributed by atoms with Gasteiger partial charge in [-0.05, 0) is 54.1 Å². The molecule has 0 radical (unpaired) electrons. The standard InChI is InChI=1S/C23H15Cl2N7/c24-17-4-1-14(2-5-17)13-31-21(7-8-27-31)16-9-19(25)23-22(10-16)32(30-29-23)18-6-3-15-12-26-28-20(15)11-18/h1-12H,13H2,(H,26,28). The normalized spacial score (nSPS) is 11.6. The molecule has 1 N–H and O–H groups in total. The van der Waals surface area contributed by atoms with Gasteiger partial charge in [-0.25, -0.2) is 4.68 Å². The molecule has 0 bridgehead atoms. The van der Waals surface area contributed by atoms with E-state index in [1.54, 1.807) is 17.1 Å². The van der Waals surface area contributed by atoms with Gasteiger partial charge in [0.1, 0.15) is 5.52 Å². The largest absolute Gasteiger partial charge is 0.278 e. The van der Waals surface area contributed by atoms with Crippen LogP contribution in [0.3, 0.4) is 0 Å². The molecule has 0 aliphatic heterocycles. The van der Waals surface area contributed by atoms with Crippen molar-refractivity contribution in [2.75, 3.05) is 0 Å². The maximum atomic E-state index is 6.61. The molecule has 0 saturated carbocycles. The molecule has 0 unspecified atom stereocenters. The van der Waals surface area contributed by atoms with Crippen molar-refractivity contribution in [3.05, 3.63) is 88.7 Å². The van der Waals surface area contributed by atoms with Crippen LogP contribution in [-0.2, 0) is 6.54 Å². The average molecular weight is 460 g/mol. The first kappa shape index (κ1) is 19.0. The van der Waals surface area contributed by atoms with Gasteiger partial charge in [-0.15, -0.1) is 5.10 Å². The number of halogens is 2. The summed E-state index contributed by atoms with van der Waals surface area (Å²) in [7, 11) is 0. The lowest BCUT2D eigenvalue weighted by atomic mass is 10.1. The molecule has 6 aromatic rings. The lowest BCUT2D eigenvalue weighted by Crippen LogP contribution is -2.03. The van der Waals surface area contributed by atoms with E-state index in [9.17, 15) is 0 Å². The zero-order valence-electron chi connectivity index (χ0n) is 16.6. The van der Waals surface area contributed by atoms with Crippen LogP contribution in [0.5, 0.6) is 0 Å².